The lowest BCUT2D eigenvalue weighted by Gasteiger charge is -2.37. The predicted octanol–water partition coefficient (Wildman–Crippen LogP) is 8.38. The van der Waals surface area contributed by atoms with Gasteiger partial charge >= 0.3 is 6.09 Å². The molecule has 2 heterocycles. The van der Waals surface area contributed by atoms with Gasteiger partial charge in [0, 0.05) is 43.0 Å². The molecule has 2 aromatic carbocycles. The minimum Gasteiger partial charge on any atom is -0.544 e. The van der Waals surface area contributed by atoms with Gasteiger partial charge in [0.25, 0.3) is 0 Å². The van der Waals surface area contributed by atoms with E-state index in [9.17, 15) is 15.2 Å². The van der Waals surface area contributed by atoms with Crippen LogP contribution in [-0.4, -0.2) is 48.2 Å². The highest BCUT2D eigenvalue weighted by Gasteiger charge is 2.39. The zero-order valence-electron chi connectivity index (χ0n) is 28.5. The maximum atomic E-state index is 11.7. The number of ether oxygens (including phenoxy) is 1. The Morgan fingerprint density at radius 2 is 1.82 bits per heavy atom. The van der Waals surface area contributed by atoms with E-state index in [0.717, 1.165) is 41.2 Å². The van der Waals surface area contributed by atoms with Crippen molar-refractivity contribution >= 4 is 25.8 Å². The number of aromatic nitrogens is 1. The van der Waals surface area contributed by atoms with Gasteiger partial charge in [-0.25, -0.2) is 4.79 Å². The van der Waals surface area contributed by atoms with E-state index in [1.165, 1.54) is 16.0 Å². The Balaban J connectivity index is 1.37. The highest BCUT2D eigenvalue weighted by atomic mass is 28.4. The van der Waals surface area contributed by atoms with Crippen LogP contribution in [-0.2, 0) is 36.6 Å². The molecule has 0 bridgehead atoms. The number of hydrogen-bond acceptors (Lipinski definition) is 5. The number of benzene rings is 2. The molecule has 1 unspecified atom stereocenters. The third-order valence-corrected chi connectivity index (χ3v) is 13.9. The van der Waals surface area contributed by atoms with Crippen molar-refractivity contribution in [2.45, 2.75) is 96.9 Å². The maximum absolute atomic E-state index is 11.7. The molecule has 1 amide bonds. The summed E-state index contributed by atoms with van der Waals surface area (Å²) < 4.78 is 14.6. The molecular formula is C36H50N4O4Si. The van der Waals surface area contributed by atoms with E-state index < -0.39 is 14.4 Å². The van der Waals surface area contributed by atoms with Crippen LogP contribution in [0, 0.1) is 11.3 Å². The lowest BCUT2D eigenvalue weighted by atomic mass is 9.78. The number of hydrogen-bond donors (Lipinski definition) is 2. The normalized spacial score (nSPS) is 15.4. The topological polar surface area (TPSA) is 99.8 Å². The first-order valence-corrected chi connectivity index (χ1v) is 18.8. The summed E-state index contributed by atoms with van der Waals surface area (Å²) >= 11 is 0. The summed E-state index contributed by atoms with van der Waals surface area (Å²) in [7, 11) is 0.0176. The average molecular weight is 631 g/mol. The highest BCUT2D eigenvalue weighted by molar-refractivity contribution is 6.74. The first-order chi connectivity index (χ1) is 21.0. The standard InChI is InChI=1S/C36H50N4O4Si/c1-25-20-30-26(23-40(25)34(41)42)12-10-13-31(30)36(5,6)24-43-19-11-14-33-32(21-28(22-37)39(33)7)38-27-15-17-29(18-16-27)44-45(8,9)35(2,3)4/h10,12-13,15-18,21,25,38H,11,14,19-20,23-24H2,1-9H3,(H,41,42). The molecule has 0 fully saturated rings. The van der Waals surface area contributed by atoms with Crippen molar-refractivity contribution in [3.63, 3.8) is 0 Å². The van der Waals surface area contributed by atoms with Gasteiger partial charge in [0.1, 0.15) is 17.5 Å². The predicted molar refractivity (Wildman–Crippen MR) is 183 cm³/mol. The van der Waals surface area contributed by atoms with Crippen molar-refractivity contribution in [1.82, 2.24) is 9.47 Å². The fourth-order valence-corrected chi connectivity index (χ4v) is 6.81. The number of carbonyl (C=O) groups is 1. The van der Waals surface area contributed by atoms with Crippen molar-refractivity contribution in [1.29, 1.82) is 5.26 Å². The zero-order valence-corrected chi connectivity index (χ0v) is 29.5. The molecule has 8 nitrogen and oxygen atoms in total. The Bertz CT molecular complexity index is 1550. The van der Waals surface area contributed by atoms with Gasteiger partial charge in [0.2, 0.25) is 8.32 Å². The minimum absolute atomic E-state index is 0.0622. The number of rotatable bonds is 11. The highest BCUT2D eigenvalue weighted by Crippen LogP contribution is 2.38. The minimum atomic E-state index is -1.92. The number of amides is 1. The van der Waals surface area contributed by atoms with Crippen LogP contribution in [0.1, 0.15) is 76.0 Å². The van der Waals surface area contributed by atoms with Crippen LogP contribution >= 0.6 is 0 Å². The van der Waals surface area contributed by atoms with E-state index in [0.29, 0.717) is 31.9 Å². The first kappa shape index (κ1) is 34.1. The molecule has 0 radical (unpaired) electrons. The lowest BCUT2D eigenvalue weighted by molar-refractivity contribution is 0.0915. The summed E-state index contributed by atoms with van der Waals surface area (Å²) in [5.74, 6) is 0.881. The summed E-state index contributed by atoms with van der Waals surface area (Å²) in [4.78, 5) is 13.2. The summed E-state index contributed by atoms with van der Waals surface area (Å²) in [6, 6.07) is 18.5. The molecule has 242 valence electrons. The van der Waals surface area contributed by atoms with E-state index >= 15 is 0 Å². The summed E-state index contributed by atoms with van der Waals surface area (Å²) in [6.45, 7) is 19.1. The Morgan fingerprint density at radius 3 is 2.44 bits per heavy atom. The van der Waals surface area contributed by atoms with E-state index in [2.05, 4.69) is 65.2 Å². The summed E-state index contributed by atoms with van der Waals surface area (Å²) in [5, 5.41) is 22.9. The summed E-state index contributed by atoms with van der Waals surface area (Å²) in [6.07, 6.45) is 1.41. The molecule has 45 heavy (non-hydrogen) atoms. The third-order valence-electron chi connectivity index (χ3n) is 9.57. The van der Waals surface area contributed by atoms with Crippen molar-refractivity contribution in [2.75, 3.05) is 18.5 Å². The maximum Gasteiger partial charge on any atom is 0.407 e. The van der Waals surface area contributed by atoms with Crippen LogP contribution < -0.4 is 9.74 Å². The fraction of sp³-hybridized carbons (Fsp3) is 0.500. The van der Waals surface area contributed by atoms with Crippen molar-refractivity contribution in [3.05, 3.63) is 76.6 Å². The fourth-order valence-electron chi connectivity index (χ4n) is 5.78. The van der Waals surface area contributed by atoms with E-state index in [4.69, 9.17) is 9.16 Å². The smallest absolute Gasteiger partial charge is 0.407 e. The Morgan fingerprint density at radius 1 is 1.13 bits per heavy atom. The van der Waals surface area contributed by atoms with E-state index in [1.54, 1.807) is 0 Å². The molecule has 0 saturated carbocycles. The third kappa shape index (κ3) is 7.74. The molecule has 1 atom stereocenters. The number of nitriles is 1. The SMILES string of the molecule is CC1Cc2c(cccc2C(C)(C)COCCCc2c(Nc3ccc(O[Si](C)(C)C(C)(C)C)cc3)cc(C#N)n2C)CN1C(=O)O. The molecule has 3 aromatic rings. The Labute approximate surface area is 270 Å². The van der Waals surface area contributed by atoms with Gasteiger partial charge in [-0.2, -0.15) is 5.26 Å². The number of anilines is 2. The second-order valence-corrected chi connectivity index (χ2v) is 19.2. The van der Waals surface area contributed by atoms with Crippen LogP contribution in [0.3, 0.4) is 0 Å². The number of nitrogens with one attached hydrogen (secondary N) is 1. The van der Waals surface area contributed by atoms with Gasteiger partial charge in [0.05, 0.1) is 12.3 Å². The molecule has 1 aromatic heterocycles. The molecule has 9 heteroatoms. The molecule has 0 spiro atoms. The van der Waals surface area contributed by atoms with Gasteiger partial charge < -0.3 is 29.1 Å². The molecule has 0 saturated heterocycles. The van der Waals surface area contributed by atoms with Crippen molar-refractivity contribution in [3.8, 4) is 11.8 Å². The van der Waals surface area contributed by atoms with E-state index in [-0.39, 0.29) is 16.5 Å². The number of fused-ring (bicyclic) bond motifs is 1. The largest absolute Gasteiger partial charge is 0.544 e. The van der Waals surface area contributed by atoms with Gasteiger partial charge in [-0.1, -0.05) is 52.8 Å². The van der Waals surface area contributed by atoms with Crippen LogP contribution in [0.5, 0.6) is 5.75 Å². The molecule has 1 aliphatic rings. The number of nitrogens with zero attached hydrogens (tertiary/aromatic N) is 3. The zero-order chi connectivity index (χ0) is 33.2. The molecule has 4 rings (SSSR count). The average Bonchev–Trinajstić information content (AvgIpc) is 3.25. The second-order valence-electron chi connectivity index (χ2n) is 14.5. The van der Waals surface area contributed by atoms with Crippen LogP contribution in [0.2, 0.25) is 18.1 Å². The van der Waals surface area contributed by atoms with Crippen molar-refractivity contribution < 1.29 is 19.1 Å². The molecular weight excluding hydrogens is 581 g/mol. The Kier molecular flexibility index (Phi) is 10.1. The lowest BCUT2D eigenvalue weighted by Crippen LogP contribution is -2.43. The number of carboxylic acid groups (broad SMARTS) is 1. The van der Waals surface area contributed by atoms with Crippen molar-refractivity contribution in [2.24, 2.45) is 7.05 Å². The Hall–Kier alpha value is -3.74. The van der Waals surface area contributed by atoms with Gasteiger partial charge in [-0.15, -0.1) is 0 Å². The quantitative estimate of drug-likeness (QED) is 0.163. The first-order valence-electron chi connectivity index (χ1n) is 15.9. The van der Waals surface area contributed by atoms with Gasteiger partial charge in [0.15, 0.2) is 0 Å². The van der Waals surface area contributed by atoms with Crippen LogP contribution in [0.15, 0.2) is 48.5 Å². The van der Waals surface area contributed by atoms with Gasteiger partial charge in [-0.05, 0) is 91.3 Å². The second kappa shape index (κ2) is 13.3. The molecule has 1 aliphatic heterocycles. The van der Waals surface area contributed by atoms with Crippen LogP contribution in [0.4, 0.5) is 16.2 Å². The monoisotopic (exact) mass is 630 g/mol. The van der Waals surface area contributed by atoms with Gasteiger partial charge in [-0.3, -0.25) is 0 Å². The molecule has 0 aliphatic carbocycles. The van der Waals surface area contributed by atoms with E-state index in [1.807, 2.05) is 61.0 Å². The van der Waals surface area contributed by atoms with Crippen LogP contribution in [0.25, 0.3) is 0 Å². The summed E-state index contributed by atoms with van der Waals surface area (Å²) in [5.41, 5.74) is 6.87. The molecule has 2 N–H and O–H groups in total.